The van der Waals surface area contributed by atoms with Gasteiger partial charge in [0.15, 0.2) is 0 Å². The number of aromatic hydroxyl groups is 1. The van der Waals surface area contributed by atoms with Crippen LogP contribution in [0.2, 0.25) is 5.02 Å². The summed E-state index contributed by atoms with van der Waals surface area (Å²) >= 11 is 6.04. The van der Waals surface area contributed by atoms with Crippen molar-refractivity contribution in [3.8, 4) is 5.75 Å². The van der Waals surface area contributed by atoms with Crippen molar-refractivity contribution in [2.24, 2.45) is 0 Å². The van der Waals surface area contributed by atoms with E-state index >= 15 is 0 Å². The van der Waals surface area contributed by atoms with E-state index in [-0.39, 0.29) is 11.8 Å². The molecule has 1 atom stereocenters. The van der Waals surface area contributed by atoms with Crippen LogP contribution in [0.5, 0.6) is 5.75 Å². The summed E-state index contributed by atoms with van der Waals surface area (Å²) < 4.78 is 5.70. The third kappa shape index (κ3) is 4.54. The summed E-state index contributed by atoms with van der Waals surface area (Å²) in [4.78, 5) is 14.8. The van der Waals surface area contributed by atoms with Crippen LogP contribution < -0.4 is 0 Å². The van der Waals surface area contributed by atoms with E-state index in [0.717, 1.165) is 27.5 Å². The van der Waals surface area contributed by atoms with Crippen LogP contribution in [0, 0.1) is 0 Å². The zero-order chi connectivity index (χ0) is 22.2. The molecular formula is C26H26ClNO3. The first kappa shape index (κ1) is 21.3. The van der Waals surface area contributed by atoms with Crippen molar-refractivity contribution in [2.45, 2.75) is 38.8 Å². The Balaban J connectivity index is 1.86. The van der Waals surface area contributed by atoms with Gasteiger partial charge in [-0.2, -0.15) is 0 Å². The Morgan fingerprint density at radius 2 is 1.81 bits per heavy atom. The Morgan fingerprint density at radius 1 is 1.10 bits per heavy atom. The molecule has 1 aliphatic rings. The van der Waals surface area contributed by atoms with Gasteiger partial charge in [-0.1, -0.05) is 60.1 Å². The Labute approximate surface area is 187 Å². The molecular weight excluding hydrogens is 410 g/mol. The lowest BCUT2D eigenvalue weighted by Gasteiger charge is -2.30. The van der Waals surface area contributed by atoms with Gasteiger partial charge in [-0.15, -0.1) is 0 Å². The monoisotopic (exact) mass is 435 g/mol. The molecule has 0 spiro atoms. The molecule has 0 radical (unpaired) electrons. The molecule has 160 valence electrons. The van der Waals surface area contributed by atoms with Gasteiger partial charge < -0.3 is 9.84 Å². The Bertz CT molecular complexity index is 1150. The molecule has 0 bridgehead atoms. The van der Waals surface area contributed by atoms with Gasteiger partial charge in [0.2, 0.25) is 0 Å². The number of phenols is 1. The average molecular weight is 436 g/mol. The summed E-state index contributed by atoms with van der Waals surface area (Å²) in [6, 6.07) is 18.7. The molecule has 1 aliphatic heterocycles. The van der Waals surface area contributed by atoms with Gasteiger partial charge in [-0.25, -0.2) is 4.79 Å². The number of nitrogens with zero attached hydrogens (tertiary/aromatic N) is 1. The van der Waals surface area contributed by atoms with Crippen molar-refractivity contribution in [1.29, 1.82) is 0 Å². The SMILES string of the molecule is CC(C)(C)OC(=O)N1CC/C(=C\c2ccc(Cl)cc2)[C@@H]1c1c(O)ccc2ccccc12. The molecule has 0 saturated carbocycles. The molecule has 0 unspecified atom stereocenters. The predicted molar refractivity (Wildman–Crippen MR) is 125 cm³/mol. The Hall–Kier alpha value is -2.98. The van der Waals surface area contributed by atoms with Crippen LogP contribution in [0.25, 0.3) is 16.8 Å². The third-order valence-corrected chi connectivity index (χ3v) is 5.63. The summed E-state index contributed by atoms with van der Waals surface area (Å²) in [5.41, 5.74) is 2.15. The summed E-state index contributed by atoms with van der Waals surface area (Å²) in [5.74, 6) is 0.168. The first-order valence-electron chi connectivity index (χ1n) is 10.4. The smallest absolute Gasteiger partial charge is 0.411 e. The number of likely N-dealkylation sites (tertiary alicyclic amines) is 1. The van der Waals surface area contributed by atoms with E-state index in [9.17, 15) is 9.90 Å². The molecule has 1 fully saturated rings. The topological polar surface area (TPSA) is 49.8 Å². The maximum absolute atomic E-state index is 13.1. The van der Waals surface area contributed by atoms with Gasteiger partial charge in [-0.05, 0) is 67.3 Å². The highest BCUT2D eigenvalue weighted by Crippen LogP contribution is 2.45. The van der Waals surface area contributed by atoms with E-state index in [4.69, 9.17) is 16.3 Å². The number of hydrogen-bond donors (Lipinski definition) is 1. The fourth-order valence-corrected chi connectivity index (χ4v) is 4.20. The third-order valence-electron chi connectivity index (χ3n) is 5.38. The number of hydrogen-bond acceptors (Lipinski definition) is 3. The van der Waals surface area contributed by atoms with Gasteiger partial charge in [0.05, 0.1) is 6.04 Å². The summed E-state index contributed by atoms with van der Waals surface area (Å²) in [7, 11) is 0. The Morgan fingerprint density at radius 3 is 2.52 bits per heavy atom. The highest BCUT2D eigenvalue weighted by molar-refractivity contribution is 6.30. The number of rotatable bonds is 2. The number of carbonyl (C=O) groups excluding carboxylic acids is 1. The molecule has 1 saturated heterocycles. The van der Waals surface area contributed by atoms with Crippen LogP contribution in [-0.2, 0) is 4.74 Å². The number of fused-ring (bicyclic) bond motifs is 1. The average Bonchev–Trinajstić information content (AvgIpc) is 3.11. The molecule has 0 aliphatic carbocycles. The molecule has 5 heteroatoms. The highest BCUT2D eigenvalue weighted by atomic mass is 35.5. The summed E-state index contributed by atoms with van der Waals surface area (Å²) in [6.07, 6.45) is 2.38. The van der Waals surface area contributed by atoms with Gasteiger partial charge in [0.1, 0.15) is 11.4 Å². The van der Waals surface area contributed by atoms with E-state index < -0.39 is 11.6 Å². The van der Waals surface area contributed by atoms with Crippen molar-refractivity contribution >= 4 is 34.5 Å². The lowest BCUT2D eigenvalue weighted by molar-refractivity contribution is 0.0237. The minimum absolute atomic E-state index is 0.168. The highest BCUT2D eigenvalue weighted by Gasteiger charge is 2.38. The summed E-state index contributed by atoms with van der Waals surface area (Å²) in [5, 5.41) is 13.5. The van der Waals surface area contributed by atoms with Crippen LogP contribution in [0.4, 0.5) is 4.79 Å². The second-order valence-corrected chi connectivity index (χ2v) is 9.25. The zero-order valence-corrected chi connectivity index (χ0v) is 18.7. The van der Waals surface area contributed by atoms with Gasteiger partial charge in [0, 0.05) is 17.1 Å². The lowest BCUT2D eigenvalue weighted by atomic mass is 9.92. The van der Waals surface area contributed by atoms with Crippen LogP contribution in [0.3, 0.4) is 0 Å². The van der Waals surface area contributed by atoms with Crippen LogP contribution in [0.1, 0.15) is 44.4 Å². The molecule has 31 heavy (non-hydrogen) atoms. The predicted octanol–water partition coefficient (Wildman–Crippen LogP) is 6.96. The zero-order valence-electron chi connectivity index (χ0n) is 17.9. The first-order chi connectivity index (χ1) is 14.7. The fraction of sp³-hybridized carbons (Fsp3) is 0.269. The van der Waals surface area contributed by atoms with Crippen molar-refractivity contribution in [1.82, 2.24) is 4.90 Å². The molecule has 1 N–H and O–H groups in total. The normalized spacial score (nSPS) is 18.0. The van der Waals surface area contributed by atoms with E-state index in [1.165, 1.54) is 0 Å². The number of phenolic OH excluding ortho intramolecular Hbond substituents is 1. The number of ether oxygens (including phenoxy) is 1. The second kappa shape index (κ2) is 8.27. The number of carbonyl (C=O) groups is 1. The van der Waals surface area contributed by atoms with Crippen molar-refractivity contribution in [3.05, 3.63) is 82.4 Å². The molecule has 0 aromatic heterocycles. The molecule has 4 nitrogen and oxygen atoms in total. The second-order valence-electron chi connectivity index (χ2n) is 8.82. The minimum Gasteiger partial charge on any atom is -0.508 e. The Kier molecular flexibility index (Phi) is 5.67. The molecule has 1 heterocycles. The van der Waals surface area contributed by atoms with E-state index in [1.54, 1.807) is 11.0 Å². The lowest BCUT2D eigenvalue weighted by Crippen LogP contribution is -2.36. The van der Waals surface area contributed by atoms with E-state index in [1.807, 2.05) is 75.4 Å². The van der Waals surface area contributed by atoms with Gasteiger partial charge in [-0.3, -0.25) is 4.90 Å². The number of amides is 1. The first-order valence-corrected chi connectivity index (χ1v) is 10.8. The number of halogens is 1. The maximum atomic E-state index is 13.1. The molecule has 4 rings (SSSR count). The van der Waals surface area contributed by atoms with Crippen LogP contribution in [0.15, 0.2) is 66.2 Å². The van der Waals surface area contributed by atoms with Crippen molar-refractivity contribution in [3.63, 3.8) is 0 Å². The molecule has 3 aromatic rings. The quantitative estimate of drug-likeness (QED) is 0.473. The van der Waals surface area contributed by atoms with Crippen LogP contribution >= 0.6 is 11.6 Å². The van der Waals surface area contributed by atoms with Crippen molar-refractivity contribution in [2.75, 3.05) is 6.54 Å². The minimum atomic E-state index is -0.606. The van der Waals surface area contributed by atoms with E-state index in [0.29, 0.717) is 18.0 Å². The maximum Gasteiger partial charge on any atom is 0.411 e. The fourth-order valence-electron chi connectivity index (χ4n) is 4.07. The van der Waals surface area contributed by atoms with E-state index in [2.05, 4.69) is 6.08 Å². The van der Waals surface area contributed by atoms with Gasteiger partial charge >= 0.3 is 6.09 Å². The van der Waals surface area contributed by atoms with Crippen LogP contribution in [-0.4, -0.2) is 28.2 Å². The largest absolute Gasteiger partial charge is 0.508 e. The molecule has 1 amide bonds. The van der Waals surface area contributed by atoms with Gasteiger partial charge in [0.25, 0.3) is 0 Å². The molecule has 3 aromatic carbocycles. The standard InChI is InChI=1S/C26H26ClNO3/c1-26(2,3)31-25(30)28-15-14-19(16-17-8-11-20(27)12-9-17)24(28)23-21-7-5-4-6-18(21)10-13-22(23)29/h4-13,16,24,29H,14-15H2,1-3H3/b19-16+/t24-/m1/s1. The number of benzene rings is 3. The van der Waals surface area contributed by atoms with Crippen molar-refractivity contribution < 1.29 is 14.6 Å². The summed E-state index contributed by atoms with van der Waals surface area (Å²) in [6.45, 7) is 6.09.